The van der Waals surface area contributed by atoms with E-state index >= 15 is 0 Å². The van der Waals surface area contributed by atoms with Crippen molar-refractivity contribution in [3.05, 3.63) is 83.5 Å². The van der Waals surface area contributed by atoms with Gasteiger partial charge < -0.3 is 4.90 Å². The number of thioether (sulfide) groups is 1. The summed E-state index contributed by atoms with van der Waals surface area (Å²) in [6.45, 7) is 4.62. The molecule has 6 heteroatoms. The lowest BCUT2D eigenvalue weighted by atomic mass is 10.2. The Kier molecular flexibility index (Phi) is 6.45. The van der Waals surface area contributed by atoms with Crippen molar-refractivity contribution in [1.82, 2.24) is 9.97 Å². The highest BCUT2D eigenvalue weighted by Crippen LogP contribution is 2.34. The van der Waals surface area contributed by atoms with Crippen LogP contribution < -0.4 is 4.90 Å². The van der Waals surface area contributed by atoms with E-state index in [9.17, 15) is 4.79 Å². The number of benzene rings is 2. The van der Waals surface area contributed by atoms with Crippen molar-refractivity contribution in [3.63, 3.8) is 0 Å². The van der Waals surface area contributed by atoms with Gasteiger partial charge in [-0.25, -0.2) is 9.97 Å². The van der Waals surface area contributed by atoms with Gasteiger partial charge in [-0.3, -0.25) is 4.79 Å². The summed E-state index contributed by atoms with van der Waals surface area (Å²) in [5.74, 6) is 0.0627. The zero-order valence-corrected chi connectivity index (χ0v) is 18.6. The molecule has 0 spiro atoms. The molecule has 0 aliphatic carbocycles. The van der Waals surface area contributed by atoms with Crippen LogP contribution in [0.2, 0.25) is 0 Å². The molecule has 4 aromatic rings. The fourth-order valence-corrected chi connectivity index (χ4v) is 5.21. The van der Waals surface area contributed by atoms with Crippen LogP contribution in [0.5, 0.6) is 0 Å². The molecule has 0 fully saturated rings. The number of carbonyl (C=O) groups excluding carboxylic acids is 1. The van der Waals surface area contributed by atoms with Crippen LogP contribution in [0.25, 0.3) is 10.2 Å². The smallest absolute Gasteiger partial charge is 0.240 e. The maximum Gasteiger partial charge on any atom is 0.240 e. The minimum absolute atomic E-state index is 0.0627. The summed E-state index contributed by atoms with van der Waals surface area (Å²) in [5, 5.41) is 1.62. The number of anilines is 1. The number of nitrogens with zero attached hydrogens (tertiary/aromatic N) is 3. The first-order valence-corrected chi connectivity index (χ1v) is 11.7. The molecule has 1 atom stereocenters. The van der Waals surface area contributed by atoms with E-state index in [2.05, 4.69) is 23.0 Å². The minimum atomic E-state index is -0.281. The second-order valence-electron chi connectivity index (χ2n) is 6.97. The molecule has 0 N–H and O–H groups in total. The van der Waals surface area contributed by atoms with Crippen molar-refractivity contribution in [1.29, 1.82) is 0 Å². The molecule has 4 nitrogen and oxygen atoms in total. The molecule has 152 valence electrons. The Labute approximate surface area is 185 Å². The Balaban J connectivity index is 1.60. The van der Waals surface area contributed by atoms with Gasteiger partial charge in [0.15, 0.2) is 0 Å². The van der Waals surface area contributed by atoms with Crippen LogP contribution in [0.15, 0.2) is 78.1 Å². The lowest BCUT2D eigenvalue weighted by molar-refractivity contribution is -0.118. The van der Waals surface area contributed by atoms with E-state index in [1.807, 2.05) is 72.5 Å². The van der Waals surface area contributed by atoms with Crippen molar-refractivity contribution in [2.75, 3.05) is 4.90 Å². The highest BCUT2D eigenvalue weighted by Gasteiger charge is 2.24. The Morgan fingerprint density at radius 1 is 1.07 bits per heavy atom. The number of fused-ring (bicyclic) bond motifs is 1. The Morgan fingerprint density at radius 2 is 1.77 bits per heavy atom. The second-order valence-corrected chi connectivity index (χ2v) is 9.41. The molecule has 1 amide bonds. The first kappa shape index (κ1) is 20.6. The largest absolute Gasteiger partial charge is 0.307 e. The molecule has 1 unspecified atom stereocenters. The molecule has 0 radical (unpaired) electrons. The van der Waals surface area contributed by atoms with E-state index < -0.39 is 0 Å². The van der Waals surface area contributed by atoms with Crippen molar-refractivity contribution in [3.8, 4) is 0 Å². The van der Waals surface area contributed by atoms with Crippen LogP contribution in [0.1, 0.15) is 24.3 Å². The highest BCUT2D eigenvalue weighted by molar-refractivity contribution is 8.00. The van der Waals surface area contributed by atoms with Crippen LogP contribution in [-0.2, 0) is 17.8 Å². The fourth-order valence-electron chi connectivity index (χ4n) is 3.26. The van der Waals surface area contributed by atoms with Crippen molar-refractivity contribution < 1.29 is 4.79 Å². The molecule has 2 heterocycles. The zero-order chi connectivity index (χ0) is 20.9. The Bertz CT molecular complexity index is 1130. The third kappa shape index (κ3) is 4.55. The van der Waals surface area contributed by atoms with Crippen molar-refractivity contribution in [2.24, 2.45) is 0 Å². The molecule has 30 heavy (non-hydrogen) atoms. The first-order chi connectivity index (χ1) is 14.7. The van der Waals surface area contributed by atoms with Gasteiger partial charge in [0.2, 0.25) is 5.91 Å². The molecule has 2 aromatic carbocycles. The second kappa shape index (κ2) is 9.41. The summed E-state index contributed by atoms with van der Waals surface area (Å²) in [5.41, 5.74) is 2.00. The summed E-state index contributed by atoms with van der Waals surface area (Å²) in [6, 6.07) is 22.1. The van der Waals surface area contributed by atoms with Gasteiger partial charge in [0.1, 0.15) is 16.2 Å². The van der Waals surface area contributed by atoms with Crippen LogP contribution in [0, 0.1) is 0 Å². The van der Waals surface area contributed by atoms with Gasteiger partial charge in [0.25, 0.3) is 0 Å². The van der Waals surface area contributed by atoms with Gasteiger partial charge in [0.05, 0.1) is 11.8 Å². The Morgan fingerprint density at radius 3 is 2.47 bits per heavy atom. The topological polar surface area (TPSA) is 46.1 Å². The third-order valence-electron chi connectivity index (χ3n) is 4.85. The lowest BCUT2D eigenvalue weighted by Crippen LogP contribution is -2.36. The molecule has 0 bridgehead atoms. The number of hydrogen-bond acceptors (Lipinski definition) is 5. The quantitative estimate of drug-likeness (QED) is 0.266. The lowest BCUT2D eigenvalue weighted by Gasteiger charge is -2.26. The SMILES string of the molecule is CCc1cc2c(SC(C)C(=O)N(Cc3ccccc3)c3ccccc3)ncnc2s1. The number of amides is 1. The molecule has 2 aromatic heterocycles. The Hall–Kier alpha value is -2.70. The van der Waals surface area contributed by atoms with Crippen LogP contribution >= 0.6 is 23.1 Å². The highest BCUT2D eigenvalue weighted by atomic mass is 32.2. The number of aryl methyl sites for hydroxylation is 1. The molecule has 0 saturated carbocycles. The van der Waals surface area contributed by atoms with E-state index in [1.54, 1.807) is 17.7 Å². The van der Waals surface area contributed by atoms with Crippen LogP contribution in [-0.4, -0.2) is 21.1 Å². The van der Waals surface area contributed by atoms with Crippen molar-refractivity contribution in [2.45, 2.75) is 37.1 Å². The van der Waals surface area contributed by atoms with E-state index in [0.29, 0.717) is 6.54 Å². The number of thiophene rings is 1. The van der Waals surface area contributed by atoms with Crippen molar-refractivity contribution >= 4 is 44.9 Å². The molecular weight excluding hydrogens is 410 g/mol. The standard InChI is InChI=1S/C24H23N3OS2/c1-3-20-14-21-22(25-16-26-23(21)30-20)29-17(2)24(28)27(19-12-8-5-9-13-19)15-18-10-6-4-7-11-18/h4-14,16-17H,3,15H2,1-2H3. The summed E-state index contributed by atoms with van der Waals surface area (Å²) in [7, 11) is 0. The molecular formula is C24H23N3OS2. The van der Waals surface area contributed by atoms with Gasteiger partial charge in [0, 0.05) is 16.0 Å². The molecule has 0 aliphatic heterocycles. The van der Waals surface area contributed by atoms with E-state index in [1.165, 1.54) is 16.6 Å². The first-order valence-electron chi connectivity index (χ1n) is 9.96. The number of hydrogen-bond donors (Lipinski definition) is 0. The maximum atomic E-state index is 13.5. The van der Waals surface area contributed by atoms with E-state index in [0.717, 1.165) is 32.9 Å². The van der Waals surface area contributed by atoms with Gasteiger partial charge in [-0.2, -0.15) is 0 Å². The minimum Gasteiger partial charge on any atom is -0.307 e. The third-order valence-corrected chi connectivity index (χ3v) is 7.14. The fraction of sp³-hybridized carbons (Fsp3) is 0.208. The monoisotopic (exact) mass is 433 g/mol. The normalized spacial score (nSPS) is 12.1. The number of para-hydroxylation sites is 1. The van der Waals surface area contributed by atoms with Gasteiger partial charge in [-0.1, -0.05) is 67.2 Å². The summed E-state index contributed by atoms with van der Waals surface area (Å²) in [4.78, 5) is 26.5. The molecule has 0 aliphatic rings. The zero-order valence-electron chi connectivity index (χ0n) is 17.0. The molecule has 0 saturated heterocycles. The average molecular weight is 434 g/mol. The van der Waals surface area contributed by atoms with Gasteiger partial charge in [-0.05, 0) is 37.1 Å². The number of carbonyl (C=O) groups is 1. The number of aromatic nitrogens is 2. The molecule has 4 rings (SSSR count). The predicted molar refractivity (Wildman–Crippen MR) is 126 cm³/mol. The average Bonchev–Trinajstić information content (AvgIpc) is 3.23. The van der Waals surface area contributed by atoms with Crippen LogP contribution in [0.3, 0.4) is 0 Å². The number of rotatable bonds is 7. The maximum absolute atomic E-state index is 13.5. The summed E-state index contributed by atoms with van der Waals surface area (Å²) in [6.07, 6.45) is 2.56. The van der Waals surface area contributed by atoms with Gasteiger partial charge >= 0.3 is 0 Å². The van der Waals surface area contributed by atoms with E-state index in [4.69, 9.17) is 0 Å². The summed E-state index contributed by atoms with van der Waals surface area (Å²) >= 11 is 3.19. The van der Waals surface area contributed by atoms with Crippen LogP contribution in [0.4, 0.5) is 5.69 Å². The van der Waals surface area contributed by atoms with E-state index in [-0.39, 0.29) is 11.2 Å². The van der Waals surface area contributed by atoms with Gasteiger partial charge in [-0.15, -0.1) is 11.3 Å². The predicted octanol–water partition coefficient (Wildman–Crippen LogP) is 5.97. The summed E-state index contributed by atoms with van der Waals surface area (Å²) < 4.78 is 0.